The highest BCUT2D eigenvalue weighted by atomic mass is 32.2. The van der Waals surface area contributed by atoms with Gasteiger partial charge in [-0.2, -0.15) is 0 Å². The van der Waals surface area contributed by atoms with E-state index in [1.165, 1.54) is 12.1 Å². The molecule has 76 valence electrons. The van der Waals surface area contributed by atoms with E-state index in [9.17, 15) is 9.00 Å². The second-order valence-corrected chi connectivity index (χ2v) is 3.64. The zero-order valence-corrected chi connectivity index (χ0v) is 8.50. The molecular formula is C9H11NO3S. The zero-order valence-electron chi connectivity index (χ0n) is 7.69. The van der Waals surface area contributed by atoms with E-state index in [0.29, 0.717) is 17.0 Å². The standard InChI is InChI=1S/C9H11NO3S/c1-2-9(11)10-7-3-5-8(6-4-7)14(12)13/h3-6H,2H2,1H3,(H,10,11)(H,12,13). The first kappa shape index (κ1) is 10.9. The van der Waals surface area contributed by atoms with Gasteiger partial charge < -0.3 is 9.87 Å². The molecule has 14 heavy (non-hydrogen) atoms. The Bertz CT molecular complexity index is 348. The van der Waals surface area contributed by atoms with E-state index >= 15 is 0 Å². The summed E-state index contributed by atoms with van der Waals surface area (Å²) in [5.41, 5.74) is 0.631. The predicted octanol–water partition coefficient (Wildman–Crippen LogP) is 1.62. The maximum absolute atomic E-state index is 11.0. The third-order valence-electron chi connectivity index (χ3n) is 1.66. The van der Waals surface area contributed by atoms with Crippen LogP contribution in [0.5, 0.6) is 0 Å². The third-order valence-corrected chi connectivity index (χ3v) is 2.34. The summed E-state index contributed by atoms with van der Waals surface area (Å²) >= 11 is -1.96. The molecule has 0 aromatic heterocycles. The van der Waals surface area contributed by atoms with Gasteiger partial charge in [-0.05, 0) is 24.3 Å². The van der Waals surface area contributed by atoms with Gasteiger partial charge in [0.25, 0.3) is 0 Å². The lowest BCUT2D eigenvalue weighted by Gasteiger charge is -2.03. The van der Waals surface area contributed by atoms with E-state index in [4.69, 9.17) is 4.55 Å². The van der Waals surface area contributed by atoms with Crippen LogP contribution in [-0.2, 0) is 15.9 Å². The number of hydrogen-bond acceptors (Lipinski definition) is 2. The molecule has 0 aliphatic rings. The number of carbonyl (C=O) groups excluding carboxylic acids is 1. The maximum Gasteiger partial charge on any atom is 0.224 e. The lowest BCUT2D eigenvalue weighted by atomic mass is 10.3. The Hall–Kier alpha value is -1.20. The minimum absolute atomic E-state index is 0.0807. The number of benzene rings is 1. The Morgan fingerprint density at radius 1 is 1.43 bits per heavy atom. The number of carbonyl (C=O) groups is 1. The van der Waals surface area contributed by atoms with Gasteiger partial charge in [-0.3, -0.25) is 4.79 Å². The highest BCUT2D eigenvalue weighted by molar-refractivity contribution is 7.79. The number of rotatable bonds is 3. The monoisotopic (exact) mass is 213 g/mol. The van der Waals surface area contributed by atoms with Crippen molar-refractivity contribution in [3.8, 4) is 0 Å². The van der Waals surface area contributed by atoms with Crippen LogP contribution in [0.2, 0.25) is 0 Å². The summed E-state index contributed by atoms with van der Waals surface area (Å²) in [6.45, 7) is 1.76. The molecule has 0 radical (unpaired) electrons. The number of anilines is 1. The highest BCUT2D eigenvalue weighted by Gasteiger charge is 2.01. The van der Waals surface area contributed by atoms with E-state index in [2.05, 4.69) is 5.32 Å². The van der Waals surface area contributed by atoms with Gasteiger partial charge in [-0.1, -0.05) is 6.92 Å². The molecule has 0 aliphatic carbocycles. The van der Waals surface area contributed by atoms with Gasteiger partial charge in [0, 0.05) is 12.1 Å². The molecule has 0 saturated heterocycles. The van der Waals surface area contributed by atoms with Gasteiger partial charge in [0.15, 0.2) is 11.1 Å². The first-order valence-electron chi connectivity index (χ1n) is 4.14. The summed E-state index contributed by atoms with van der Waals surface area (Å²) in [7, 11) is 0. The SMILES string of the molecule is CCC(=O)Nc1ccc(S(=O)O)cc1. The van der Waals surface area contributed by atoms with Crippen LogP contribution >= 0.6 is 0 Å². The van der Waals surface area contributed by atoms with Crippen molar-refractivity contribution in [2.24, 2.45) is 0 Å². The average molecular weight is 213 g/mol. The molecule has 0 fully saturated rings. The van der Waals surface area contributed by atoms with E-state index in [1.807, 2.05) is 0 Å². The third kappa shape index (κ3) is 2.93. The minimum atomic E-state index is -1.96. The first-order chi connectivity index (χ1) is 6.63. The molecule has 1 amide bonds. The Kier molecular flexibility index (Phi) is 3.79. The van der Waals surface area contributed by atoms with E-state index in [-0.39, 0.29) is 5.91 Å². The second-order valence-electron chi connectivity index (χ2n) is 2.68. The van der Waals surface area contributed by atoms with Crippen LogP contribution in [-0.4, -0.2) is 14.7 Å². The summed E-state index contributed by atoms with van der Waals surface area (Å²) in [5, 5.41) is 2.64. The van der Waals surface area contributed by atoms with Gasteiger partial charge >= 0.3 is 0 Å². The number of amides is 1. The summed E-state index contributed by atoms with van der Waals surface area (Å²) in [4.78, 5) is 11.3. The molecule has 1 atom stereocenters. The molecule has 1 aromatic rings. The first-order valence-corrected chi connectivity index (χ1v) is 5.25. The fraction of sp³-hybridized carbons (Fsp3) is 0.222. The van der Waals surface area contributed by atoms with Gasteiger partial charge in [-0.15, -0.1) is 0 Å². The Balaban J connectivity index is 2.73. The van der Waals surface area contributed by atoms with Crippen molar-refractivity contribution in [2.75, 3.05) is 5.32 Å². The molecule has 0 bridgehead atoms. The van der Waals surface area contributed by atoms with Crippen LogP contribution in [0.3, 0.4) is 0 Å². The minimum Gasteiger partial charge on any atom is -0.326 e. The number of nitrogens with one attached hydrogen (secondary N) is 1. The van der Waals surface area contributed by atoms with Crippen molar-refractivity contribution in [3.05, 3.63) is 24.3 Å². The van der Waals surface area contributed by atoms with Crippen molar-refractivity contribution >= 4 is 22.7 Å². The van der Waals surface area contributed by atoms with Crippen LogP contribution in [0.1, 0.15) is 13.3 Å². The van der Waals surface area contributed by atoms with E-state index in [1.54, 1.807) is 19.1 Å². The van der Waals surface area contributed by atoms with Crippen LogP contribution in [0.25, 0.3) is 0 Å². The smallest absolute Gasteiger partial charge is 0.224 e. The van der Waals surface area contributed by atoms with Crippen molar-refractivity contribution in [3.63, 3.8) is 0 Å². The zero-order chi connectivity index (χ0) is 10.6. The Morgan fingerprint density at radius 2 is 2.00 bits per heavy atom. The summed E-state index contributed by atoms with van der Waals surface area (Å²) in [5.74, 6) is -0.0807. The Morgan fingerprint density at radius 3 is 2.43 bits per heavy atom. The van der Waals surface area contributed by atoms with Crippen LogP contribution in [0.15, 0.2) is 29.2 Å². The maximum atomic E-state index is 11.0. The molecule has 2 N–H and O–H groups in total. The van der Waals surface area contributed by atoms with Crippen LogP contribution in [0.4, 0.5) is 5.69 Å². The molecular weight excluding hydrogens is 202 g/mol. The lowest BCUT2D eigenvalue weighted by Crippen LogP contribution is -2.09. The number of hydrogen-bond donors (Lipinski definition) is 2. The normalized spacial score (nSPS) is 12.1. The largest absolute Gasteiger partial charge is 0.326 e. The van der Waals surface area contributed by atoms with Crippen molar-refractivity contribution in [2.45, 2.75) is 18.2 Å². The van der Waals surface area contributed by atoms with Gasteiger partial charge in [0.2, 0.25) is 5.91 Å². The van der Waals surface area contributed by atoms with Crippen molar-refractivity contribution in [1.82, 2.24) is 0 Å². The van der Waals surface area contributed by atoms with E-state index < -0.39 is 11.1 Å². The summed E-state index contributed by atoms with van der Waals surface area (Å²) < 4.78 is 19.3. The van der Waals surface area contributed by atoms with Gasteiger partial charge in [-0.25, -0.2) is 4.21 Å². The van der Waals surface area contributed by atoms with Gasteiger partial charge in [0.1, 0.15) is 0 Å². The summed E-state index contributed by atoms with van der Waals surface area (Å²) in [6.07, 6.45) is 0.410. The van der Waals surface area contributed by atoms with Gasteiger partial charge in [0.05, 0.1) is 4.90 Å². The van der Waals surface area contributed by atoms with Crippen LogP contribution < -0.4 is 5.32 Å². The molecule has 5 heteroatoms. The van der Waals surface area contributed by atoms with Crippen molar-refractivity contribution in [1.29, 1.82) is 0 Å². The van der Waals surface area contributed by atoms with E-state index in [0.717, 1.165) is 0 Å². The quantitative estimate of drug-likeness (QED) is 0.750. The molecule has 0 heterocycles. The lowest BCUT2D eigenvalue weighted by molar-refractivity contribution is -0.115. The average Bonchev–Trinajstić information content (AvgIpc) is 2.18. The molecule has 0 saturated carbocycles. The summed E-state index contributed by atoms with van der Waals surface area (Å²) in [6, 6.07) is 6.19. The molecule has 4 nitrogen and oxygen atoms in total. The Labute approximate surface area is 84.6 Å². The van der Waals surface area contributed by atoms with Crippen LogP contribution in [0, 0.1) is 0 Å². The highest BCUT2D eigenvalue weighted by Crippen LogP contribution is 2.11. The molecule has 1 unspecified atom stereocenters. The van der Waals surface area contributed by atoms with Crippen molar-refractivity contribution < 1.29 is 13.6 Å². The molecule has 0 aliphatic heterocycles. The second kappa shape index (κ2) is 4.88. The fourth-order valence-electron chi connectivity index (χ4n) is 0.904. The fourth-order valence-corrected chi connectivity index (χ4v) is 1.27. The predicted molar refractivity (Wildman–Crippen MR) is 54.4 cm³/mol. The topological polar surface area (TPSA) is 66.4 Å². The molecule has 0 spiro atoms. The molecule has 1 rings (SSSR count). The molecule has 1 aromatic carbocycles.